The first kappa shape index (κ1) is 20.8. The minimum Gasteiger partial charge on any atom is -0.469 e. The summed E-state index contributed by atoms with van der Waals surface area (Å²) >= 11 is 5.32. The SMILES string of the molecule is COC(=O)CC1C(=O)NCCN1C(=S)NC(=O)c1ccc(C(C)(C)C)cc1. The van der Waals surface area contributed by atoms with E-state index in [0.29, 0.717) is 18.7 Å². The predicted molar refractivity (Wildman–Crippen MR) is 105 cm³/mol. The van der Waals surface area contributed by atoms with Crippen LogP contribution in [0.1, 0.15) is 43.1 Å². The van der Waals surface area contributed by atoms with Crippen LogP contribution in [0.4, 0.5) is 0 Å². The monoisotopic (exact) mass is 391 g/mol. The summed E-state index contributed by atoms with van der Waals surface area (Å²) in [4.78, 5) is 37.8. The van der Waals surface area contributed by atoms with Gasteiger partial charge in [-0.3, -0.25) is 19.7 Å². The standard InChI is InChI=1S/C19H25N3O4S/c1-19(2,3)13-7-5-12(6-8-13)16(24)21-18(27)22-10-9-20-17(25)14(22)11-15(23)26-4/h5-8,14H,9-11H2,1-4H3,(H,20,25)(H,21,24,27). The Kier molecular flexibility index (Phi) is 6.54. The lowest BCUT2D eigenvalue weighted by atomic mass is 9.87. The van der Waals surface area contributed by atoms with Crippen molar-refractivity contribution >= 4 is 35.1 Å². The number of ether oxygens (including phenoxy) is 1. The zero-order valence-electron chi connectivity index (χ0n) is 16.0. The molecule has 146 valence electrons. The van der Waals surface area contributed by atoms with Gasteiger partial charge in [0, 0.05) is 18.7 Å². The first-order valence-corrected chi connectivity index (χ1v) is 9.11. The van der Waals surface area contributed by atoms with Crippen LogP contribution in [-0.2, 0) is 19.7 Å². The van der Waals surface area contributed by atoms with Gasteiger partial charge in [0.1, 0.15) is 6.04 Å². The first-order chi connectivity index (χ1) is 12.6. The molecule has 8 heteroatoms. The minimum absolute atomic E-state index is 0.00736. The second-order valence-corrected chi connectivity index (χ2v) is 7.75. The van der Waals surface area contributed by atoms with Crippen LogP contribution < -0.4 is 10.6 Å². The van der Waals surface area contributed by atoms with E-state index in [0.717, 1.165) is 5.56 Å². The number of carbonyl (C=O) groups excluding carboxylic acids is 3. The summed E-state index contributed by atoms with van der Waals surface area (Å²) in [6.45, 7) is 7.07. The summed E-state index contributed by atoms with van der Waals surface area (Å²) in [6, 6.07) is 6.50. The molecule has 1 aliphatic heterocycles. The molecular formula is C19H25N3O4S. The molecule has 27 heavy (non-hydrogen) atoms. The third-order valence-electron chi connectivity index (χ3n) is 4.41. The van der Waals surface area contributed by atoms with E-state index in [4.69, 9.17) is 12.2 Å². The third kappa shape index (κ3) is 5.26. The van der Waals surface area contributed by atoms with Crippen LogP contribution in [0.25, 0.3) is 0 Å². The lowest BCUT2D eigenvalue weighted by Crippen LogP contribution is -2.60. The molecule has 0 aromatic heterocycles. The highest BCUT2D eigenvalue weighted by molar-refractivity contribution is 7.80. The number of nitrogens with zero attached hydrogens (tertiary/aromatic N) is 1. The molecule has 0 radical (unpaired) electrons. The lowest BCUT2D eigenvalue weighted by molar-refractivity contribution is -0.144. The van der Waals surface area contributed by atoms with E-state index in [9.17, 15) is 14.4 Å². The predicted octanol–water partition coefficient (Wildman–Crippen LogP) is 1.36. The second-order valence-electron chi connectivity index (χ2n) is 7.37. The van der Waals surface area contributed by atoms with Crippen molar-refractivity contribution in [3.63, 3.8) is 0 Å². The number of esters is 1. The van der Waals surface area contributed by atoms with Crippen molar-refractivity contribution in [1.82, 2.24) is 15.5 Å². The van der Waals surface area contributed by atoms with E-state index in [1.807, 2.05) is 12.1 Å². The number of rotatable bonds is 3. The molecule has 1 fully saturated rings. The van der Waals surface area contributed by atoms with Gasteiger partial charge >= 0.3 is 5.97 Å². The van der Waals surface area contributed by atoms with Gasteiger partial charge in [-0.2, -0.15) is 0 Å². The maximum Gasteiger partial charge on any atom is 0.308 e. The first-order valence-electron chi connectivity index (χ1n) is 8.70. The number of piperazine rings is 1. The highest BCUT2D eigenvalue weighted by atomic mass is 32.1. The normalized spacial score (nSPS) is 17.1. The van der Waals surface area contributed by atoms with Gasteiger partial charge in [-0.25, -0.2) is 0 Å². The molecule has 2 rings (SSSR count). The van der Waals surface area contributed by atoms with Gasteiger partial charge in [0.15, 0.2) is 5.11 Å². The summed E-state index contributed by atoms with van der Waals surface area (Å²) in [5, 5.41) is 5.46. The van der Waals surface area contributed by atoms with Crippen LogP contribution in [0.2, 0.25) is 0 Å². The van der Waals surface area contributed by atoms with Crippen LogP contribution in [-0.4, -0.2) is 54.0 Å². The van der Waals surface area contributed by atoms with Crippen LogP contribution in [0.3, 0.4) is 0 Å². The highest BCUT2D eigenvalue weighted by Crippen LogP contribution is 2.22. The van der Waals surface area contributed by atoms with Gasteiger partial charge < -0.3 is 15.0 Å². The van der Waals surface area contributed by atoms with Gasteiger partial charge in [-0.05, 0) is 35.3 Å². The van der Waals surface area contributed by atoms with Crippen molar-refractivity contribution in [2.45, 2.75) is 38.6 Å². The summed E-state index contributed by atoms with van der Waals surface area (Å²) in [7, 11) is 1.26. The van der Waals surface area contributed by atoms with Crippen LogP contribution in [0, 0.1) is 0 Å². The second kappa shape index (κ2) is 8.47. The molecule has 1 atom stereocenters. The topological polar surface area (TPSA) is 87.7 Å². The molecule has 0 spiro atoms. The van der Waals surface area contributed by atoms with Crippen LogP contribution in [0.5, 0.6) is 0 Å². The average molecular weight is 391 g/mol. The van der Waals surface area contributed by atoms with E-state index in [1.54, 1.807) is 17.0 Å². The average Bonchev–Trinajstić information content (AvgIpc) is 2.62. The molecule has 1 aromatic carbocycles. The number of amides is 2. The molecule has 0 saturated carbocycles. The zero-order chi connectivity index (χ0) is 20.2. The number of benzene rings is 1. The Hall–Kier alpha value is -2.48. The molecule has 1 aliphatic rings. The number of nitrogens with one attached hydrogen (secondary N) is 2. The van der Waals surface area contributed by atoms with E-state index in [-0.39, 0.29) is 28.8 Å². The minimum atomic E-state index is -0.803. The highest BCUT2D eigenvalue weighted by Gasteiger charge is 2.34. The van der Waals surface area contributed by atoms with Crippen molar-refractivity contribution in [2.75, 3.05) is 20.2 Å². The van der Waals surface area contributed by atoms with E-state index < -0.39 is 12.0 Å². The summed E-state index contributed by atoms with van der Waals surface area (Å²) in [6.07, 6.45) is -0.140. The maximum absolute atomic E-state index is 12.5. The number of methoxy groups -OCH3 is 1. The van der Waals surface area contributed by atoms with Gasteiger partial charge in [-0.1, -0.05) is 32.9 Å². The summed E-state index contributed by atoms with van der Waals surface area (Å²) in [5.41, 5.74) is 1.58. The molecule has 0 bridgehead atoms. The van der Waals surface area contributed by atoms with Crippen molar-refractivity contribution in [3.8, 4) is 0 Å². The lowest BCUT2D eigenvalue weighted by Gasteiger charge is -2.36. The maximum atomic E-state index is 12.5. The van der Waals surface area contributed by atoms with Crippen molar-refractivity contribution < 1.29 is 19.1 Å². The Bertz CT molecular complexity index is 740. The summed E-state index contributed by atoms with van der Waals surface area (Å²) in [5.74, 6) is -1.20. The fourth-order valence-electron chi connectivity index (χ4n) is 2.76. The fraction of sp³-hybridized carbons (Fsp3) is 0.474. The van der Waals surface area contributed by atoms with E-state index >= 15 is 0 Å². The Balaban J connectivity index is 2.08. The van der Waals surface area contributed by atoms with Gasteiger partial charge in [0.25, 0.3) is 5.91 Å². The third-order valence-corrected chi connectivity index (χ3v) is 4.75. The largest absolute Gasteiger partial charge is 0.469 e. The fourth-order valence-corrected chi connectivity index (χ4v) is 3.08. The number of hydrogen-bond acceptors (Lipinski definition) is 5. The Morgan fingerprint density at radius 2 is 1.93 bits per heavy atom. The molecule has 1 saturated heterocycles. The molecule has 1 aromatic rings. The molecule has 7 nitrogen and oxygen atoms in total. The molecular weight excluding hydrogens is 366 g/mol. The summed E-state index contributed by atoms with van der Waals surface area (Å²) < 4.78 is 4.64. The Morgan fingerprint density at radius 1 is 1.30 bits per heavy atom. The van der Waals surface area contributed by atoms with Gasteiger partial charge in [-0.15, -0.1) is 0 Å². The van der Waals surface area contributed by atoms with Gasteiger partial charge in [0.05, 0.1) is 13.5 Å². The van der Waals surface area contributed by atoms with Crippen molar-refractivity contribution in [2.24, 2.45) is 0 Å². The molecule has 0 aliphatic carbocycles. The van der Waals surface area contributed by atoms with Gasteiger partial charge in [0.2, 0.25) is 5.91 Å². The smallest absolute Gasteiger partial charge is 0.308 e. The van der Waals surface area contributed by atoms with E-state index in [2.05, 4.69) is 36.1 Å². The number of thiocarbonyl (C=S) groups is 1. The molecule has 1 unspecified atom stereocenters. The molecule has 2 amide bonds. The van der Waals surface area contributed by atoms with Crippen molar-refractivity contribution in [3.05, 3.63) is 35.4 Å². The van der Waals surface area contributed by atoms with Crippen molar-refractivity contribution in [1.29, 1.82) is 0 Å². The van der Waals surface area contributed by atoms with E-state index in [1.165, 1.54) is 7.11 Å². The quantitative estimate of drug-likeness (QED) is 0.598. The Morgan fingerprint density at radius 3 is 2.48 bits per heavy atom. The molecule has 2 N–H and O–H groups in total. The molecule has 1 heterocycles. The van der Waals surface area contributed by atoms with Crippen LogP contribution in [0.15, 0.2) is 24.3 Å². The van der Waals surface area contributed by atoms with Crippen LogP contribution >= 0.6 is 12.2 Å². The number of carbonyl (C=O) groups is 3. The number of hydrogen-bond donors (Lipinski definition) is 2. The zero-order valence-corrected chi connectivity index (χ0v) is 16.8. The Labute approximate surface area is 164 Å².